The van der Waals surface area contributed by atoms with E-state index in [1.165, 1.54) is 4.88 Å². The van der Waals surface area contributed by atoms with E-state index in [0.29, 0.717) is 31.2 Å². The van der Waals surface area contributed by atoms with Crippen LogP contribution in [0.2, 0.25) is 0 Å². The number of nitrogens with zero attached hydrogens (tertiary/aromatic N) is 4. The van der Waals surface area contributed by atoms with Gasteiger partial charge in [-0.1, -0.05) is 6.07 Å². The standard InChI is InChI=1S/C23H26N4O3S/c1-4-30-19-7-5-17(14-20(19)29-3)6-8-21(28)26-9-11-27(12-10-26)22-18-13-16(2)31-23(18)25-15-24-22/h5-8,13-15H,4,9-12H2,1-3H3/b8-6+. The van der Waals surface area contributed by atoms with Crippen molar-refractivity contribution in [2.45, 2.75) is 13.8 Å². The number of carbonyl (C=O) groups excluding carboxylic acids is 1. The molecule has 8 heteroatoms. The van der Waals surface area contributed by atoms with Gasteiger partial charge >= 0.3 is 0 Å². The number of anilines is 1. The highest BCUT2D eigenvalue weighted by Crippen LogP contribution is 2.30. The third-order valence-corrected chi connectivity index (χ3v) is 6.19. The maximum Gasteiger partial charge on any atom is 0.246 e. The zero-order chi connectivity index (χ0) is 21.8. The molecule has 7 nitrogen and oxygen atoms in total. The summed E-state index contributed by atoms with van der Waals surface area (Å²) in [5.41, 5.74) is 0.892. The summed E-state index contributed by atoms with van der Waals surface area (Å²) < 4.78 is 10.9. The first-order valence-electron chi connectivity index (χ1n) is 10.3. The number of piperazine rings is 1. The number of methoxy groups -OCH3 is 1. The highest BCUT2D eigenvalue weighted by molar-refractivity contribution is 7.18. The Bertz CT molecular complexity index is 1100. The summed E-state index contributed by atoms with van der Waals surface area (Å²) >= 11 is 1.68. The number of amides is 1. The number of thiophene rings is 1. The molecule has 31 heavy (non-hydrogen) atoms. The molecule has 1 fully saturated rings. The van der Waals surface area contributed by atoms with Crippen molar-refractivity contribution in [3.63, 3.8) is 0 Å². The molecule has 0 saturated carbocycles. The van der Waals surface area contributed by atoms with Gasteiger partial charge in [0.1, 0.15) is 17.0 Å². The summed E-state index contributed by atoms with van der Waals surface area (Å²) in [6.07, 6.45) is 5.06. The van der Waals surface area contributed by atoms with Gasteiger partial charge < -0.3 is 19.3 Å². The summed E-state index contributed by atoms with van der Waals surface area (Å²) in [4.78, 5) is 27.9. The van der Waals surface area contributed by atoms with Crippen LogP contribution in [0.1, 0.15) is 17.4 Å². The number of hydrogen-bond donors (Lipinski definition) is 0. The minimum Gasteiger partial charge on any atom is -0.493 e. The quantitative estimate of drug-likeness (QED) is 0.546. The van der Waals surface area contributed by atoms with Crippen molar-refractivity contribution in [2.75, 3.05) is 44.8 Å². The van der Waals surface area contributed by atoms with Gasteiger partial charge in [0.05, 0.1) is 19.1 Å². The minimum absolute atomic E-state index is 0.00622. The van der Waals surface area contributed by atoms with E-state index in [1.807, 2.05) is 36.1 Å². The Hall–Kier alpha value is -3.13. The Morgan fingerprint density at radius 2 is 1.97 bits per heavy atom. The van der Waals surface area contributed by atoms with Gasteiger partial charge in [-0.05, 0) is 43.7 Å². The van der Waals surface area contributed by atoms with Crippen LogP contribution in [0.15, 0.2) is 36.7 Å². The number of ether oxygens (including phenoxy) is 2. The lowest BCUT2D eigenvalue weighted by atomic mass is 10.2. The smallest absolute Gasteiger partial charge is 0.246 e. The van der Waals surface area contributed by atoms with Crippen LogP contribution in [0.25, 0.3) is 16.3 Å². The lowest BCUT2D eigenvalue weighted by molar-refractivity contribution is -0.126. The van der Waals surface area contributed by atoms with Crippen molar-refractivity contribution in [3.05, 3.63) is 47.1 Å². The fraction of sp³-hybridized carbons (Fsp3) is 0.348. The van der Waals surface area contributed by atoms with Crippen LogP contribution in [-0.4, -0.2) is 60.7 Å². The fourth-order valence-electron chi connectivity index (χ4n) is 3.69. The first-order valence-corrected chi connectivity index (χ1v) is 11.1. The molecule has 0 unspecified atom stereocenters. The number of aryl methyl sites for hydroxylation is 1. The molecule has 162 valence electrons. The molecular formula is C23H26N4O3S. The molecule has 3 aromatic rings. The molecule has 1 aromatic carbocycles. The fourth-order valence-corrected chi connectivity index (χ4v) is 4.53. The van der Waals surface area contributed by atoms with Crippen LogP contribution in [0.3, 0.4) is 0 Å². The molecule has 1 saturated heterocycles. The largest absolute Gasteiger partial charge is 0.493 e. The van der Waals surface area contributed by atoms with Crippen molar-refractivity contribution in [3.8, 4) is 11.5 Å². The highest BCUT2D eigenvalue weighted by Gasteiger charge is 2.22. The molecule has 3 heterocycles. The van der Waals surface area contributed by atoms with Crippen molar-refractivity contribution in [2.24, 2.45) is 0 Å². The molecule has 0 radical (unpaired) electrons. The van der Waals surface area contributed by atoms with Gasteiger partial charge in [0.2, 0.25) is 5.91 Å². The van der Waals surface area contributed by atoms with E-state index in [9.17, 15) is 4.79 Å². The van der Waals surface area contributed by atoms with E-state index >= 15 is 0 Å². The van der Waals surface area contributed by atoms with Crippen molar-refractivity contribution >= 4 is 39.4 Å². The number of carbonyl (C=O) groups is 1. The summed E-state index contributed by atoms with van der Waals surface area (Å²) in [6, 6.07) is 7.79. The SMILES string of the molecule is CCOc1ccc(/C=C/C(=O)N2CCN(c3ncnc4sc(C)cc34)CC2)cc1OC. The number of benzene rings is 1. The van der Waals surface area contributed by atoms with Gasteiger partial charge in [-0.3, -0.25) is 4.79 Å². The van der Waals surface area contributed by atoms with Gasteiger partial charge in [0.25, 0.3) is 0 Å². The van der Waals surface area contributed by atoms with E-state index < -0.39 is 0 Å². The molecule has 2 aromatic heterocycles. The van der Waals surface area contributed by atoms with Gasteiger partial charge in [-0.25, -0.2) is 9.97 Å². The Morgan fingerprint density at radius 3 is 2.71 bits per heavy atom. The van der Waals surface area contributed by atoms with Crippen LogP contribution in [0.4, 0.5) is 5.82 Å². The highest BCUT2D eigenvalue weighted by atomic mass is 32.1. The predicted octanol–water partition coefficient (Wildman–Crippen LogP) is 3.77. The number of hydrogen-bond acceptors (Lipinski definition) is 7. The van der Waals surface area contributed by atoms with E-state index in [-0.39, 0.29) is 5.91 Å². The second-order valence-corrected chi connectivity index (χ2v) is 8.50. The molecule has 4 rings (SSSR count). The van der Waals surface area contributed by atoms with Crippen LogP contribution in [0.5, 0.6) is 11.5 Å². The second kappa shape index (κ2) is 9.34. The summed E-state index contributed by atoms with van der Waals surface area (Å²) in [7, 11) is 1.61. The average molecular weight is 439 g/mol. The van der Waals surface area contributed by atoms with E-state index in [1.54, 1.807) is 30.8 Å². The van der Waals surface area contributed by atoms with Gasteiger partial charge in [0.15, 0.2) is 11.5 Å². The molecule has 0 N–H and O–H groups in total. The van der Waals surface area contributed by atoms with E-state index in [2.05, 4.69) is 27.9 Å². The van der Waals surface area contributed by atoms with Gasteiger partial charge in [0, 0.05) is 37.1 Å². The maximum absolute atomic E-state index is 12.7. The third-order valence-electron chi connectivity index (χ3n) is 5.23. The van der Waals surface area contributed by atoms with Crippen LogP contribution >= 0.6 is 11.3 Å². The van der Waals surface area contributed by atoms with Crippen molar-refractivity contribution < 1.29 is 14.3 Å². The minimum atomic E-state index is 0.00622. The molecule has 1 amide bonds. The zero-order valence-corrected chi connectivity index (χ0v) is 18.8. The Morgan fingerprint density at radius 1 is 1.16 bits per heavy atom. The van der Waals surface area contributed by atoms with Crippen LogP contribution < -0.4 is 14.4 Å². The molecular weight excluding hydrogens is 412 g/mol. The normalized spacial score (nSPS) is 14.4. The molecule has 0 atom stereocenters. The summed E-state index contributed by atoms with van der Waals surface area (Å²) in [6.45, 7) is 7.39. The Kier molecular flexibility index (Phi) is 6.36. The zero-order valence-electron chi connectivity index (χ0n) is 18.0. The summed E-state index contributed by atoms with van der Waals surface area (Å²) in [5.74, 6) is 2.32. The average Bonchev–Trinajstić information content (AvgIpc) is 3.18. The van der Waals surface area contributed by atoms with E-state index in [4.69, 9.17) is 9.47 Å². The first kappa shape index (κ1) is 21.1. The molecule has 1 aliphatic heterocycles. The predicted molar refractivity (Wildman–Crippen MR) is 124 cm³/mol. The van der Waals surface area contributed by atoms with E-state index in [0.717, 1.165) is 34.7 Å². The first-order chi connectivity index (χ1) is 15.1. The van der Waals surface area contributed by atoms with Crippen LogP contribution in [-0.2, 0) is 4.79 Å². The molecule has 1 aliphatic rings. The Labute approximate surface area is 185 Å². The number of aromatic nitrogens is 2. The maximum atomic E-state index is 12.7. The lowest BCUT2D eigenvalue weighted by Crippen LogP contribution is -2.48. The van der Waals surface area contributed by atoms with Crippen molar-refractivity contribution in [1.29, 1.82) is 0 Å². The molecule has 0 aliphatic carbocycles. The third kappa shape index (κ3) is 4.64. The lowest BCUT2D eigenvalue weighted by Gasteiger charge is -2.35. The van der Waals surface area contributed by atoms with Crippen LogP contribution in [0, 0.1) is 6.92 Å². The second-order valence-electron chi connectivity index (χ2n) is 7.26. The monoisotopic (exact) mass is 438 g/mol. The molecule has 0 spiro atoms. The number of fused-ring (bicyclic) bond motifs is 1. The topological polar surface area (TPSA) is 67.8 Å². The van der Waals surface area contributed by atoms with Gasteiger partial charge in [-0.2, -0.15) is 0 Å². The summed E-state index contributed by atoms with van der Waals surface area (Å²) in [5, 5.41) is 1.09. The molecule has 0 bridgehead atoms. The Balaban J connectivity index is 1.39. The van der Waals surface area contributed by atoms with Gasteiger partial charge in [-0.15, -0.1) is 11.3 Å². The number of rotatable bonds is 6. The van der Waals surface area contributed by atoms with Crippen molar-refractivity contribution in [1.82, 2.24) is 14.9 Å².